The van der Waals surface area contributed by atoms with Crippen molar-refractivity contribution in [1.29, 1.82) is 0 Å². The quantitative estimate of drug-likeness (QED) is 0.790. The van der Waals surface area contributed by atoms with Crippen molar-refractivity contribution in [1.82, 2.24) is 9.47 Å². The van der Waals surface area contributed by atoms with Gasteiger partial charge in [-0.1, -0.05) is 36.7 Å². The normalized spacial score (nSPS) is 14.6. The fourth-order valence-corrected chi connectivity index (χ4v) is 3.11. The average molecular weight is 389 g/mol. The highest BCUT2D eigenvalue weighted by Gasteiger charge is 2.35. The Morgan fingerprint density at radius 2 is 1.96 bits per heavy atom. The van der Waals surface area contributed by atoms with Gasteiger partial charge < -0.3 is 14.6 Å². The number of rotatable bonds is 7. The molecule has 1 aromatic heterocycles. The number of carboxylic acid groups (broad SMARTS) is 1. The zero-order valence-corrected chi connectivity index (χ0v) is 15.7. The van der Waals surface area contributed by atoms with Crippen LogP contribution in [-0.4, -0.2) is 39.0 Å². The molecule has 0 aliphatic heterocycles. The highest BCUT2D eigenvalue weighted by atomic mass is 35.5. The first-order valence-electron chi connectivity index (χ1n) is 8.84. The van der Waals surface area contributed by atoms with Crippen LogP contribution < -0.4 is 5.56 Å². The molecule has 1 amide bonds. The van der Waals surface area contributed by atoms with Crippen LogP contribution in [-0.2, 0) is 11.3 Å². The summed E-state index contributed by atoms with van der Waals surface area (Å²) < 4.78 is 1.44. The van der Waals surface area contributed by atoms with Gasteiger partial charge in [0.25, 0.3) is 11.5 Å². The lowest BCUT2D eigenvalue weighted by Crippen LogP contribution is -2.39. The van der Waals surface area contributed by atoms with Crippen molar-refractivity contribution in [2.24, 2.45) is 5.92 Å². The molecule has 3 rings (SSSR count). The summed E-state index contributed by atoms with van der Waals surface area (Å²) in [5, 5.41) is 9.71. The molecular formula is C20H21ClN2O4. The number of aromatic nitrogens is 1. The van der Waals surface area contributed by atoms with Crippen LogP contribution in [0.1, 0.15) is 35.7 Å². The number of carbonyl (C=O) groups is 2. The minimum Gasteiger partial charge on any atom is -0.481 e. The molecule has 1 unspecified atom stereocenters. The lowest BCUT2D eigenvalue weighted by Gasteiger charge is -2.24. The van der Waals surface area contributed by atoms with Crippen molar-refractivity contribution in [2.45, 2.75) is 32.4 Å². The zero-order valence-electron chi connectivity index (χ0n) is 15.0. The van der Waals surface area contributed by atoms with Crippen LogP contribution in [0.3, 0.4) is 0 Å². The molecular weight excluding hydrogens is 368 g/mol. The van der Waals surface area contributed by atoms with Crippen molar-refractivity contribution in [3.63, 3.8) is 0 Å². The maximum atomic E-state index is 13.0. The molecule has 1 N–H and O–H groups in total. The molecule has 0 radical (unpaired) electrons. The van der Waals surface area contributed by atoms with Crippen LogP contribution in [0.2, 0.25) is 5.02 Å². The smallest absolute Gasteiger partial charge is 0.308 e. The van der Waals surface area contributed by atoms with Gasteiger partial charge in [0, 0.05) is 29.9 Å². The molecule has 0 saturated heterocycles. The number of pyridine rings is 1. The number of nitrogens with zero attached hydrogens (tertiary/aromatic N) is 2. The van der Waals surface area contributed by atoms with Gasteiger partial charge in [-0.15, -0.1) is 0 Å². The Labute approximate surface area is 162 Å². The van der Waals surface area contributed by atoms with E-state index in [4.69, 9.17) is 16.7 Å². The van der Waals surface area contributed by atoms with Gasteiger partial charge in [0.15, 0.2) is 0 Å². The number of hydrogen-bond donors (Lipinski definition) is 1. The number of hydrogen-bond acceptors (Lipinski definition) is 3. The monoisotopic (exact) mass is 388 g/mol. The average Bonchev–Trinajstić information content (AvgIpc) is 3.47. The SMILES string of the molecule is CC(CN(C(=O)c1ccc(=O)n(Cc2ccccc2Cl)c1)C1CC1)C(=O)O. The Hall–Kier alpha value is -2.60. The van der Waals surface area contributed by atoms with Crippen molar-refractivity contribution in [2.75, 3.05) is 6.54 Å². The van der Waals surface area contributed by atoms with Crippen LogP contribution >= 0.6 is 11.6 Å². The van der Waals surface area contributed by atoms with E-state index >= 15 is 0 Å². The molecule has 27 heavy (non-hydrogen) atoms. The topological polar surface area (TPSA) is 79.6 Å². The van der Waals surface area contributed by atoms with Crippen LogP contribution in [0.4, 0.5) is 0 Å². The first-order valence-corrected chi connectivity index (χ1v) is 9.22. The van der Waals surface area contributed by atoms with E-state index in [9.17, 15) is 14.4 Å². The van der Waals surface area contributed by atoms with E-state index in [-0.39, 0.29) is 30.6 Å². The minimum atomic E-state index is -0.933. The highest BCUT2D eigenvalue weighted by Crippen LogP contribution is 2.29. The summed E-state index contributed by atoms with van der Waals surface area (Å²) >= 11 is 6.17. The third-order valence-corrected chi connectivity index (χ3v) is 5.04. The standard InChI is InChI=1S/C20H21ClN2O4/c1-13(20(26)27)10-23(16-7-8-16)19(25)15-6-9-18(24)22(12-15)11-14-4-2-3-5-17(14)21/h2-6,9,12-13,16H,7-8,10-11H2,1H3,(H,26,27). The van der Waals surface area contributed by atoms with E-state index in [0.29, 0.717) is 10.6 Å². The number of amides is 1. The summed E-state index contributed by atoms with van der Waals surface area (Å²) in [6, 6.07) is 10.1. The fourth-order valence-electron chi connectivity index (χ4n) is 2.91. The Morgan fingerprint density at radius 1 is 1.26 bits per heavy atom. The molecule has 1 aromatic carbocycles. The van der Waals surface area contributed by atoms with Crippen LogP contribution in [0.5, 0.6) is 0 Å². The molecule has 1 heterocycles. The van der Waals surface area contributed by atoms with Crippen LogP contribution in [0, 0.1) is 5.92 Å². The van der Waals surface area contributed by atoms with Gasteiger partial charge in [-0.3, -0.25) is 14.4 Å². The summed E-state index contributed by atoms with van der Waals surface area (Å²) in [6.45, 7) is 2.00. The molecule has 2 aromatic rings. The number of benzene rings is 1. The molecule has 7 heteroatoms. The maximum absolute atomic E-state index is 13.0. The molecule has 1 aliphatic rings. The molecule has 0 spiro atoms. The van der Waals surface area contributed by atoms with E-state index < -0.39 is 11.9 Å². The van der Waals surface area contributed by atoms with Crippen molar-refractivity contribution in [3.05, 3.63) is 69.1 Å². The summed E-state index contributed by atoms with van der Waals surface area (Å²) in [7, 11) is 0. The first kappa shape index (κ1) is 19.2. The predicted molar refractivity (Wildman–Crippen MR) is 102 cm³/mol. The lowest BCUT2D eigenvalue weighted by atomic mass is 10.1. The minimum absolute atomic E-state index is 0.0724. The molecule has 1 atom stereocenters. The molecule has 1 fully saturated rings. The van der Waals surface area contributed by atoms with Crippen LogP contribution in [0.25, 0.3) is 0 Å². The van der Waals surface area contributed by atoms with E-state index in [0.717, 1.165) is 18.4 Å². The zero-order chi connectivity index (χ0) is 19.6. The van der Waals surface area contributed by atoms with Gasteiger partial charge in [0.1, 0.15) is 0 Å². The van der Waals surface area contributed by atoms with E-state index in [1.165, 1.54) is 22.9 Å². The largest absolute Gasteiger partial charge is 0.481 e. The number of aliphatic carboxylic acids is 1. The Kier molecular flexibility index (Phi) is 5.65. The van der Waals surface area contributed by atoms with Crippen molar-refractivity contribution < 1.29 is 14.7 Å². The van der Waals surface area contributed by atoms with E-state index in [1.807, 2.05) is 18.2 Å². The summed E-state index contributed by atoms with van der Waals surface area (Å²) in [5.74, 6) is -1.83. The maximum Gasteiger partial charge on any atom is 0.308 e. The summed E-state index contributed by atoms with van der Waals surface area (Å²) in [6.07, 6.45) is 3.27. The van der Waals surface area contributed by atoms with Crippen LogP contribution in [0.15, 0.2) is 47.4 Å². The van der Waals surface area contributed by atoms with Gasteiger partial charge in [-0.05, 0) is 30.5 Å². The lowest BCUT2D eigenvalue weighted by molar-refractivity contribution is -0.141. The summed E-state index contributed by atoms with van der Waals surface area (Å²) in [4.78, 5) is 38.0. The second-order valence-electron chi connectivity index (χ2n) is 6.90. The molecule has 1 saturated carbocycles. The third-order valence-electron chi connectivity index (χ3n) is 4.67. The second-order valence-corrected chi connectivity index (χ2v) is 7.31. The van der Waals surface area contributed by atoms with Crippen molar-refractivity contribution >= 4 is 23.5 Å². The Morgan fingerprint density at radius 3 is 2.59 bits per heavy atom. The highest BCUT2D eigenvalue weighted by molar-refractivity contribution is 6.31. The third kappa shape index (κ3) is 4.57. The Bertz CT molecular complexity index is 920. The first-order chi connectivity index (χ1) is 12.9. The molecule has 6 nitrogen and oxygen atoms in total. The molecule has 1 aliphatic carbocycles. The number of carbonyl (C=O) groups excluding carboxylic acids is 1. The van der Waals surface area contributed by atoms with Gasteiger partial charge in [-0.25, -0.2) is 0 Å². The van der Waals surface area contributed by atoms with Gasteiger partial charge >= 0.3 is 5.97 Å². The van der Waals surface area contributed by atoms with E-state index in [1.54, 1.807) is 17.9 Å². The van der Waals surface area contributed by atoms with Gasteiger partial charge in [0.2, 0.25) is 0 Å². The Balaban J connectivity index is 1.85. The number of halogens is 1. The summed E-state index contributed by atoms with van der Waals surface area (Å²) in [5.41, 5.74) is 0.916. The molecule has 0 bridgehead atoms. The van der Waals surface area contributed by atoms with Gasteiger partial charge in [-0.2, -0.15) is 0 Å². The number of carboxylic acids is 1. The van der Waals surface area contributed by atoms with Gasteiger partial charge in [0.05, 0.1) is 18.0 Å². The van der Waals surface area contributed by atoms with Crippen molar-refractivity contribution in [3.8, 4) is 0 Å². The predicted octanol–water partition coefficient (Wildman–Crippen LogP) is 2.88. The second kappa shape index (κ2) is 7.96. The van der Waals surface area contributed by atoms with E-state index in [2.05, 4.69) is 0 Å². The fraction of sp³-hybridized carbons (Fsp3) is 0.350. The molecule has 142 valence electrons.